The lowest BCUT2D eigenvalue weighted by Crippen LogP contribution is -2.31. The van der Waals surface area contributed by atoms with Gasteiger partial charge in [-0.25, -0.2) is 17.4 Å². The predicted octanol–water partition coefficient (Wildman–Crippen LogP) is 5.08. The standard InChI is InChI=1S/C24H33N3O3S/c1-18-9-11-20(12-10-18)31(28,29)27-22(17-19-7-5-13-25-23(19)27)21-8-6-14-26(21)15-16-30-24(2,3)4/h5-8,13-14,17-18,20H,9-12,15-16H2,1-4H3. The van der Waals surface area contributed by atoms with Gasteiger partial charge >= 0.3 is 0 Å². The van der Waals surface area contributed by atoms with Gasteiger partial charge in [-0.15, -0.1) is 0 Å². The third kappa shape index (κ3) is 4.58. The molecular formula is C24H33N3O3S. The fourth-order valence-corrected chi connectivity index (χ4v) is 6.40. The Hall–Kier alpha value is -2.12. The molecule has 0 spiro atoms. The molecule has 6 nitrogen and oxygen atoms in total. The van der Waals surface area contributed by atoms with Crippen molar-refractivity contribution in [1.82, 2.24) is 13.5 Å². The molecule has 0 atom stereocenters. The number of rotatable bonds is 6. The molecule has 0 aliphatic heterocycles. The summed E-state index contributed by atoms with van der Waals surface area (Å²) in [5.74, 6) is 0.588. The molecule has 1 aliphatic carbocycles. The lowest BCUT2D eigenvalue weighted by Gasteiger charge is -2.27. The zero-order chi connectivity index (χ0) is 22.2. The molecule has 1 saturated carbocycles. The van der Waals surface area contributed by atoms with E-state index in [4.69, 9.17) is 4.74 Å². The first-order valence-corrected chi connectivity index (χ1v) is 12.7. The minimum Gasteiger partial charge on any atom is -0.374 e. The van der Waals surface area contributed by atoms with Gasteiger partial charge in [-0.1, -0.05) is 6.92 Å². The highest BCUT2D eigenvalue weighted by Crippen LogP contribution is 2.35. The average molecular weight is 444 g/mol. The maximum absolute atomic E-state index is 13.8. The molecule has 168 valence electrons. The quantitative estimate of drug-likeness (QED) is 0.533. The summed E-state index contributed by atoms with van der Waals surface area (Å²) in [5, 5.41) is 0.469. The highest BCUT2D eigenvalue weighted by atomic mass is 32.2. The molecule has 0 radical (unpaired) electrons. The molecule has 31 heavy (non-hydrogen) atoms. The monoisotopic (exact) mass is 443 g/mol. The van der Waals surface area contributed by atoms with Crippen molar-refractivity contribution in [3.05, 3.63) is 42.7 Å². The summed E-state index contributed by atoms with van der Waals surface area (Å²) in [7, 11) is -3.58. The Bertz CT molecular complexity index is 1150. The minimum absolute atomic E-state index is 0.215. The first-order valence-electron chi connectivity index (χ1n) is 11.2. The fourth-order valence-electron chi connectivity index (χ4n) is 4.42. The highest BCUT2D eigenvalue weighted by molar-refractivity contribution is 7.90. The number of aromatic nitrogens is 3. The molecule has 7 heteroatoms. The Morgan fingerprint density at radius 1 is 1.10 bits per heavy atom. The number of hydrogen-bond acceptors (Lipinski definition) is 4. The molecule has 0 saturated heterocycles. The normalized spacial score (nSPS) is 20.4. The van der Waals surface area contributed by atoms with Crippen LogP contribution in [0, 0.1) is 5.92 Å². The van der Waals surface area contributed by atoms with Crippen LogP contribution < -0.4 is 0 Å². The van der Waals surface area contributed by atoms with Crippen molar-refractivity contribution in [2.45, 2.75) is 70.8 Å². The third-order valence-electron chi connectivity index (χ3n) is 6.12. The molecule has 3 aromatic heterocycles. The summed E-state index contributed by atoms with van der Waals surface area (Å²) in [6.45, 7) is 9.50. The zero-order valence-electron chi connectivity index (χ0n) is 18.9. The van der Waals surface area contributed by atoms with Gasteiger partial charge in [-0.2, -0.15) is 0 Å². The minimum atomic E-state index is -3.58. The van der Waals surface area contributed by atoms with E-state index in [2.05, 4.69) is 16.5 Å². The van der Waals surface area contributed by atoms with E-state index < -0.39 is 10.0 Å². The Kier molecular flexibility index (Phi) is 6.01. The first-order chi connectivity index (χ1) is 14.7. The van der Waals surface area contributed by atoms with Crippen LogP contribution in [0.2, 0.25) is 0 Å². The van der Waals surface area contributed by atoms with Gasteiger partial charge in [0.2, 0.25) is 10.0 Å². The van der Waals surface area contributed by atoms with Crippen LogP contribution >= 0.6 is 0 Å². The van der Waals surface area contributed by atoms with Gasteiger partial charge in [0.25, 0.3) is 0 Å². The SMILES string of the molecule is CC1CCC(S(=O)(=O)n2c(-c3cccn3CCOC(C)(C)C)cc3cccnc32)CC1. The molecule has 1 fully saturated rings. The second kappa shape index (κ2) is 8.43. The summed E-state index contributed by atoms with van der Waals surface area (Å²) in [6.07, 6.45) is 6.95. The van der Waals surface area contributed by atoms with Gasteiger partial charge in [-0.3, -0.25) is 0 Å². The second-order valence-electron chi connectivity index (χ2n) is 9.68. The summed E-state index contributed by atoms with van der Waals surface area (Å²) < 4.78 is 37.1. The average Bonchev–Trinajstić information content (AvgIpc) is 3.31. The van der Waals surface area contributed by atoms with Crippen molar-refractivity contribution < 1.29 is 13.2 Å². The van der Waals surface area contributed by atoms with Gasteiger partial charge in [0, 0.05) is 24.3 Å². The van der Waals surface area contributed by atoms with Gasteiger partial charge in [-0.05, 0) is 82.7 Å². The maximum atomic E-state index is 13.8. The van der Waals surface area contributed by atoms with Gasteiger partial charge < -0.3 is 9.30 Å². The van der Waals surface area contributed by atoms with E-state index in [1.54, 1.807) is 6.20 Å². The maximum Gasteiger partial charge on any atom is 0.243 e. The molecule has 3 heterocycles. The highest BCUT2D eigenvalue weighted by Gasteiger charge is 2.34. The lowest BCUT2D eigenvalue weighted by molar-refractivity contribution is -0.00666. The molecule has 0 aromatic carbocycles. The lowest BCUT2D eigenvalue weighted by atomic mass is 9.91. The molecule has 0 bridgehead atoms. The van der Waals surface area contributed by atoms with E-state index in [0.29, 0.717) is 43.3 Å². The zero-order valence-corrected chi connectivity index (χ0v) is 19.7. The molecule has 4 rings (SSSR count). The number of fused-ring (bicyclic) bond motifs is 1. The Morgan fingerprint density at radius 3 is 2.55 bits per heavy atom. The fraction of sp³-hybridized carbons (Fsp3) is 0.542. The molecule has 0 N–H and O–H groups in total. The predicted molar refractivity (Wildman–Crippen MR) is 125 cm³/mol. The van der Waals surface area contributed by atoms with Crippen LogP contribution in [-0.2, 0) is 21.3 Å². The Morgan fingerprint density at radius 2 is 1.84 bits per heavy atom. The summed E-state index contributed by atoms with van der Waals surface area (Å²) >= 11 is 0. The van der Waals surface area contributed by atoms with Crippen molar-refractivity contribution in [2.24, 2.45) is 5.92 Å². The van der Waals surface area contributed by atoms with Gasteiger partial charge in [0.05, 0.1) is 28.8 Å². The Labute approximate surface area is 185 Å². The molecule has 1 aliphatic rings. The number of nitrogens with zero attached hydrogens (tertiary/aromatic N) is 3. The summed E-state index contributed by atoms with van der Waals surface area (Å²) in [5.41, 5.74) is 1.83. The van der Waals surface area contributed by atoms with Crippen molar-refractivity contribution in [3.8, 4) is 11.4 Å². The van der Waals surface area contributed by atoms with Crippen molar-refractivity contribution in [2.75, 3.05) is 6.61 Å². The third-order valence-corrected chi connectivity index (χ3v) is 8.31. The van der Waals surface area contributed by atoms with Crippen molar-refractivity contribution in [1.29, 1.82) is 0 Å². The van der Waals surface area contributed by atoms with Crippen molar-refractivity contribution >= 4 is 21.1 Å². The summed E-state index contributed by atoms with van der Waals surface area (Å²) in [4.78, 5) is 4.46. The van der Waals surface area contributed by atoms with Crippen LogP contribution in [0.3, 0.4) is 0 Å². The molecule has 3 aromatic rings. The number of ether oxygens (including phenoxy) is 1. The van der Waals surface area contributed by atoms with E-state index in [1.165, 1.54) is 3.97 Å². The largest absolute Gasteiger partial charge is 0.374 e. The van der Waals surface area contributed by atoms with Crippen LogP contribution in [0.25, 0.3) is 22.4 Å². The van der Waals surface area contributed by atoms with Crippen LogP contribution in [0.5, 0.6) is 0 Å². The van der Waals surface area contributed by atoms with E-state index in [1.807, 2.05) is 57.3 Å². The second-order valence-corrected chi connectivity index (χ2v) is 11.7. The topological polar surface area (TPSA) is 66.1 Å². The molecule has 0 unspecified atom stereocenters. The van der Waals surface area contributed by atoms with Gasteiger partial charge in [0.1, 0.15) is 0 Å². The summed E-state index contributed by atoms with van der Waals surface area (Å²) in [6, 6.07) is 9.65. The van der Waals surface area contributed by atoms with E-state index in [0.717, 1.165) is 23.9 Å². The number of hydrogen-bond donors (Lipinski definition) is 0. The van der Waals surface area contributed by atoms with E-state index >= 15 is 0 Å². The van der Waals surface area contributed by atoms with Crippen LogP contribution in [0.15, 0.2) is 42.7 Å². The van der Waals surface area contributed by atoms with Crippen LogP contribution in [0.1, 0.15) is 53.4 Å². The number of pyridine rings is 1. The van der Waals surface area contributed by atoms with Crippen LogP contribution in [-0.4, -0.2) is 39.4 Å². The van der Waals surface area contributed by atoms with Gasteiger partial charge in [0.15, 0.2) is 5.65 Å². The smallest absolute Gasteiger partial charge is 0.243 e. The first kappa shape index (κ1) is 22.1. The molecular weight excluding hydrogens is 410 g/mol. The van der Waals surface area contributed by atoms with E-state index in [9.17, 15) is 8.42 Å². The Balaban J connectivity index is 1.76. The van der Waals surface area contributed by atoms with Crippen molar-refractivity contribution in [3.63, 3.8) is 0 Å². The molecule has 0 amide bonds. The van der Waals surface area contributed by atoms with Crippen LogP contribution in [0.4, 0.5) is 0 Å². The van der Waals surface area contributed by atoms with E-state index in [-0.39, 0.29) is 10.9 Å².